The third kappa shape index (κ3) is 3.24. The van der Waals surface area contributed by atoms with Crippen LogP contribution in [0.15, 0.2) is 36.7 Å². The molecule has 0 unspecified atom stereocenters. The summed E-state index contributed by atoms with van der Waals surface area (Å²) in [7, 11) is 0. The monoisotopic (exact) mass is 247 g/mol. The number of nitrogens with zero attached hydrogens (tertiary/aromatic N) is 1. The van der Waals surface area contributed by atoms with Crippen LogP contribution in [0, 0.1) is 0 Å². The Kier molecular flexibility index (Phi) is 3.80. The number of H-pyrrole nitrogens is 1. The normalized spacial score (nSPS) is 10.0. The summed E-state index contributed by atoms with van der Waals surface area (Å²) in [5.74, 6) is 0.0375. The van der Waals surface area contributed by atoms with Gasteiger partial charge >= 0.3 is 0 Å². The molecular formula is C12H13N3O3. The number of aromatic amines is 1. The van der Waals surface area contributed by atoms with Crippen LogP contribution in [0.4, 0.5) is 0 Å². The van der Waals surface area contributed by atoms with Crippen LogP contribution in [-0.4, -0.2) is 27.8 Å². The molecule has 0 bridgehead atoms. The Morgan fingerprint density at radius 3 is 3.00 bits per heavy atom. The molecule has 0 aliphatic heterocycles. The highest BCUT2D eigenvalue weighted by Crippen LogP contribution is 2.23. The summed E-state index contributed by atoms with van der Waals surface area (Å²) in [4.78, 5) is 11.5. The van der Waals surface area contributed by atoms with Crippen LogP contribution in [0.1, 0.15) is 5.56 Å². The number of carbonyl (C=O) groups excluding carboxylic acids is 1. The quantitative estimate of drug-likeness (QED) is 0.729. The molecule has 0 fully saturated rings. The minimum Gasteiger partial charge on any atom is -0.504 e. The largest absolute Gasteiger partial charge is 0.504 e. The molecule has 0 saturated heterocycles. The number of ether oxygens (including phenoxy) is 1. The topological polar surface area (TPSA) is 87.2 Å². The van der Waals surface area contributed by atoms with Crippen molar-refractivity contribution in [1.29, 1.82) is 0 Å². The van der Waals surface area contributed by atoms with Crippen LogP contribution in [0.5, 0.6) is 11.5 Å². The van der Waals surface area contributed by atoms with E-state index in [2.05, 4.69) is 15.5 Å². The number of nitrogens with one attached hydrogen (secondary N) is 2. The number of rotatable bonds is 5. The molecule has 6 heteroatoms. The minimum atomic E-state index is -0.264. The van der Waals surface area contributed by atoms with Crippen LogP contribution in [-0.2, 0) is 11.3 Å². The summed E-state index contributed by atoms with van der Waals surface area (Å²) >= 11 is 0. The Morgan fingerprint density at radius 2 is 2.28 bits per heavy atom. The van der Waals surface area contributed by atoms with E-state index in [0.29, 0.717) is 6.54 Å². The average molecular weight is 247 g/mol. The average Bonchev–Trinajstić information content (AvgIpc) is 2.88. The van der Waals surface area contributed by atoms with Crippen molar-refractivity contribution in [3.05, 3.63) is 42.2 Å². The number of para-hydroxylation sites is 2. The number of aromatic nitrogens is 2. The fourth-order valence-electron chi connectivity index (χ4n) is 1.35. The Balaban J connectivity index is 1.77. The Labute approximate surface area is 104 Å². The standard InChI is InChI=1S/C12H13N3O3/c16-10-3-1-2-4-11(10)18-8-12(17)13-5-9-6-14-15-7-9/h1-4,6-7,16H,5,8H2,(H,13,17)(H,14,15). The van der Waals surface area contributed by atoms with Gasteiger partial charge in [0.25, 0.3) is 5.91 Å². The zero-order valence-electron chi connectivity index (χ0n) is 9.59. The molecule has 94 valence electrons. The third-order valence-electron chi connectivity index (χ3n) is 2.27. The van der Waals surface area contributed by atoms with Gasteiger partial charge in [-0.2, -0.15) is 5.10 Å². The number of aromatic hydroxyl groups is 1. The van der Waals surface area contributed by atoms with Gasteiger partial charge in [-0.3, -0.25) is 9.89 Å². The van der Waals surface area contributed by atoms with Crippen LogP contribution in [0.2, 0.25) is 0 Å². The Hall–Kier alpha value is -2.50. The van der Waals surface area contributed by atoms with Gasteiger partial charge in [-0.1, -0.05) is 12.1 Å². The molecule has 0 radical (unpaired) electrons. The van der Waals surface area contributed by atoms with E-state index >= 15 is 0 Å². The van der Waals surface area contributed by atoms with E-state index in [0.717, 1.165) is 5.56 Å². The van der Waals surface area contributed by atoms with E-state index in [1.165, 1.54) is 6.07 Å². The molecule has 2 rings (SSSR count). The van der Waals surface area contributed by atoms with Gasteiger partial charge < -0.3 is 15.2 Å². The third-order valence-corrected chi connectivity index (χ3v) is 2.27. The summed E-state index contributed by atoms with van der Waals surface area (Å²) in [5, 5.41) is 18.5. The van der Waals surface area contributed by atoms with Crippen LogP contribution in [0.25, 0.3) is 0 Å². The van der Waals surface area contributed by atoms with Crippen molar-refractivity contribution in [1.82, 2.24) is 15.5 Å². The van der Waals surface area contributed by atoms with Gasteiger partial charge in [-0.15, -0.1) is 0 Å². The van der Waals surface area contributed by atoms with Crippen molar-refractivity contribution in [2.45, 2.75) is 6.54 Å². The molecule has 1 aromatic carbocycles. The molecule has 0 aliphatic carbocycles. The summed E-state index contributed by atoms with van der Waals surface area (Å²) in [6, 6.07) is 6.50. The van der Waals surface area contributed by atoms with Crippen LogP contribution < -0.4 is 10.1 Å². The van der Waals surface area contributed by atoms with E-state index in [1.54, 1.807) is 30.6 Å². The number of phenols is 1. The smallest absolute Gasteiger partial charge is 0.258 e. The lowest BCUT2D eigenvalue weighted by Crippen LogP contribution is -2.28. The van der Waals surface area contributed by atoms with Crippen molar-refractivity contribution in [3.63, 3.8) is 0 Å². The summed E-state index contributed by atoms with van der Waals surface area (Å²) in [6.45, 7) is 0.245. The molecule has 18 heavy (non-hydrogen) atoms. The van der Waals surface area contributed by atoms with Crippen LogP contribution in [0.3, 0.4) is 0 Å². The lowest BCUT2D eigenvalue weighted by atomic mass is 10.3. The first-order valence-corrected chi connectivity index (χ1v) is 5.41. The van der Waals surface area contributed by atoms with Gasteiger partial charge in [0.1, 0.15) is 0 Å². The van der Waals surface area contributed by atoms with Gasteiger partial charge in [-0.25, -0.2) is 0 Å². The van der Waals surface area contributed by atoms with Gasteiger partial charge in [0.2, 0.25) is 0 Å². The number of hydrogen-bond donors (Lipinski definition) is 3. The van der Waals surface area contributed by atoms with Crippen molar-refractivity contribution in [2.24, 2.45) is 0 Å². The molecule has 0 aliphatic rings. The molecular weight excluding hydrogens is 234 g/mol. The molecule has 1 heterocycles. The van der Waals surface area contributed by atoms with E-state index < -0.39 is 0 Å². The molecule has 3 N–H and O–H groups in total. The van der Waals surface area contributed by atoms with E-state index in [4.69, 9.17) is 4.74 Å². The molecule has 0 atom stereocenters. The summed E-state index contributed by atoms with van der Waals surface area (Å²) in [5.41, 5.74) is 0.880. The maximum Gasteiger partial charge on any atom is 0.258 e. The second-order valence-electron chi connectivity index (χ2n) is 3.64. The van der Waals surface area contributed by atoms with Gasteiger partial charge in [0.05, 0.1) is 6.20 Å². The molecule has 6 nitrogen and oxygen atoms in total. The summed E-state index contributed by atoms with van der Waals surface area (Å²) in [6.07, 6.45) is 3.33. The second-order valence-corrected chi connectivity index (χ2v) is 3.64. The van der Waals surface area contributed by atoms with Crippen molar-refractivity contribution >= 4 is 5.91 Å². The van der Waals surface area contributed by atoms with Crippen molar-refractivity contribution < 1.29 is 14.6 Å². The summed E-state index contributed by atoms with van der Waals surface area (Å²) < 4.78 is 5.18. The molecule has 0 spiro atoms. The van der Waals surface area contributed by atoms with Gasteiger partial charge in [0.15, 0.2) is 18.1 Å². The maximum absolute atomic E-state index is 11.5. The number of phenolic OH excluding ortho intramolecular Hbond substituents is 1. The number of carbonyl (C=O) groups is 1. The zero-order chi connectivity index (χ0) is 12.8. The predicted molar refractivity (Wildman–Crippen MR) is 64.0 cm³/mol. The van der Waals surface area contributed by atoms with Gasteiger partial charge in [0, 0.05) is 18.3 Å². The van der Waals surface area contributed by atoms with Crippen molar-refractivity contribution in [3.8, 4) is 11.5 Å². The zero-order valence-corrected chi connectivity index (χ0v) is 9.59. The van der Waals surface area contributed by atoms with Crippen LogP contribution >= 0.6 is 0 Å². The minimum absolute atomic E-state index is 0.0140. The number of benzene rings is 1. The highest BCUT2D eigenvalue weighted by Gasteiger charge is 2.05. The van der Waals surface area contributed by atoms with E-state index in [-0.39, 0.29) is 24.0 Å². The molecule has 1 amide bonds. The fourth-order valence-corrected chi connectivity index (χ4v) is 1.35. The number of amides is 1. The fraction of sp³-hybridized carbons (Fsp3) is 0.167. The Bertz CT molecular complexity index is 511. The molecule has 2 aromatic rings. The van der Waals surface area contributed by atoms with E-state index in [1.807, 2.05) is 0 Å². The SMILES string of the molecule is O=C(COc1ccccc1O)NCc1cn[nH]c1. The van der Waals surface area contributed by atoms with Crippen molar-refractivity contribution in [2.75, 3.05) is 6.61 Å². The second kappa shape index (κ2) is 5.72. The predicted octanol–water partition coefficient (Wildman–Crippen LogP) is 0.810. The lowest BCUT2D eigenvalue weighted by Gasteiger charge is -2.07. The first-order valence-electron chi connectivity index (χ1n) is 5.41. The lowest BCUT2D eigenvalue weighted by molar-refractivity contribution is -0.123. The van der Waals surface area contributed by atoms with E-state index in [9.17, 15) is 9.90 Å². The van der Waals surface area contributed by atoms with Gasteiger partial charge in [-0.05, 0) is 12.1 Å². The molecule has 1 aromatic heterocycles. The first kappa shape index (κ1) is 12.0. The highest BCUT2D eigenvalue weighted by atomic mass is 16.5. The Morgan fingerprint density at radius 1 is 1.44 bits per heavy atom. The molecule has 0 saturated carbocycles. The highest BCUT2D eigenvalue weighted by molar-refractivity contribution is 5.77. The number of hydrogen-bond acceptors (Lipinski definition) is 4. The maximum atomic E-state index is 11.5. The first-order chi connectivity index (χ1) is 8.75.